The minimum Gasteiger partial charge on any atom is -0.507 e. The highest BCUT2D eigenvalue weighted by atomic mass is 16.5. The van der Waals surface area contributed by atoms with Gasteiger partial charge in [-0.15, -0.1) is 0 Å². The molecule has 31 heavy (non-hydrogen) atoms. The number of ketones is 1. The van der Waals surface area contributed by atoms with E-state index in [2.05, 4.69) is 23.7 Å². The Morgan fingerprint density at radius 3 is 2.39 bits per heavy atom. The van der Waals surface area contributed by atoms with Gasteiger partial charge >= 0.3 is 0 Å². The van der Waals surface area contributed by atoms with Gasteiger partial charge in [0.05, 0.1) is 17.9 Å². The number of nitrogens with zero attached hydrogens (tertiary/aromatic N) is 3. The predicted octanol–water partition coefficient (Wildman–Crippen LogP) is 3.24. The Balaban J connectivity index is 2.03. The molecule has 2 heterocycles. The molecular formula is C24H29N3O4. The van der Waals surface area contributed by atoms with Crippen molar-refractivity contribution in [2.75, 3.05) is 32.8 Å². The van der Waals surface area contributed by atoms with E-state index in [4.69, 9.17) is 4.74 Å². The van der Waals surface area contributed by atoms with Gasteiger partial charge in [-0.2, -0.15) is 0 Å². The third-order valence-corrected chi connectivity index (χ3v) is 5.50. The lowest BCUT2D eigenvalue weighted by molar-refractivity contribution is -0.140. The predicted molar refractivity (Wildman–Crippen MR) is 119 cm³/mol. The lowest BCUT2D eigenvalue weighted by Gasteiger charge is -2.27. The number of benzene rings is 1. The largest absolute Gasteiger partial charge is 0.507 e. The molecule has 7 nitrogen and oxygen atoms in total. The number of amides is 1. The second kappa shape index (κ2) is 10.2. The molecule has 1 amide bonds. The minimum atomic E-state index is -0.733. The summed E-state index contributed by atoms with van der Waals surface area (Å²) in [6.07, 6.45) is 1.62. The molecule has 0 saturated carbocycles. The van der Waals surface area contributed by atoms with E-state index in [1.54, 1.807) is 42.6 Å². The smallest absolute Gasteiger partial charge is 0.295 e. The third kappa shape index (κ3) is 4.77. The van der Waals surface area contributed by atoms with Crippen molar-refractivity contribution in [3.05, 3.63) is 65.5 Å². The number of carbonyl (C=O) groups is 2. The lowest BCUT2D eigenvalue weighted by Crippen LogP contribution is -2.38. The van der Waals surface area contributed by atoms with E-state index in [9.17, 15) is 14.7 Å². The number of aliphatic hydroxyl groups excluding tert-OH is 1. The van der Waals surface area contributed by atoms with Crippen LogP contribution in [0.2, 0.25) is 0 Å². The number of rotatable bonds is 9. The minimum absolute atomic E-state index is 0.0624. The Morgan fingerprint density at radius 2 is 1.81 bits per heavy atom. The van der Waals surface area contributed by atoms with Gasteiger partial charge in [-0.1, -0.05) is 19.9 Å². The Bertz CT molecular complexity index is 937. The summed E-state index contributed by atoms with van der Waals surface area (Å²) in [4.78, 5) is 34.0. The summed E-state index contributed by atoms with van der Waals surface area (Å²) in [7, 11) is 0. The molecule has 1 aliphatic heterocycles. The molecule has 0 aliphatic carbocycles. The summed E-state index contributed by atoms with van der Waals surface area (Å²) in [5.74, 6) is -0.848. The zero-order valence-electron chi connectivity index (χ0n) is 18.2. The maximum Gasteiger partial charge on any atom is 0.295 e. The Morgan fingerprint density at radius 1 is 1.10 bits per heavy atom. The summed E-state index contributed by atoms with van der Waals surface area (Å²) in [5.41, 5.74) is 1.06. The second-order valence-electron chi connectivity index (χ2n) is 7.23. The zero-order chi connectivity index (χ0) is 22.4. The Kier molecular flexibility index (Phi) is 7.41. The SMILES string of the molecule is CCOc1ccc(C(O)=C2C(=O)C(=O)N(CCN(CC)CC)[C@H]2c2ccccn2)cc1. The van der Waals surface area contributed by atoms with Crippen molar-refractivity contribution in [3.8, 4) is 5.75 Å². The van der Waals surface area contributed by atoms with Gasteiger partial charge in [-0.3, -0.25) is 14.6 Å². The van der Waals surface area contributed by atoms with Gasteiger partial charge in [-0.25, -0.2) is 0 Å². The van der Waals surface area contributed by atoms with E-state index in [1.807, 2.05) is 13.0 Å². The summed E-state index contributed by atoms with van der Waals surface area (Å²) in [5, 5.41) is 11.0. The molecule has 0 bridgehead atoms. The molecule has 1 aromatic heterocycles. The summed E-state index contributed by atoms with van der Waals surface area (Å²) in [6, 6.07) is 11.4. The van der Waals surface area contributed by atoms with E-state index in [0.717, 1.165) is 13.1 Å². The second-order valence-corrected chi connectivity index (χ2v) is 7.23. The fraction of sp³-hybridized carbons (Fsp3) is 0.375. The van der Waals surface area contributed by atoms with Gasteiger partial charge in [0, 0.05) is 24.8 Å². The van der Waals surface area contributed by atoms with Crippen molar-refractivity contribution in [2.45, 2.75) is 26.8 Å². The van der Waals surface area contributed by atoms with Gasteiger partial charge in [-0.05, 0) is 56.4 Å². The summed E-state index contributed by atoms with van der Waals surface area (Å²) < 4.78 is 5.45. The van der Waals surface area contributed by atoms with E-state index in [-0.39, 0.29) is 11.3 Å². The van der Waals surface area contributed by atoms with Crippen LogP contribution in [0, 0.1) is 0 Å². The van der Waals surface area contributed by atoms with Crippen LogP contribution < -0.4 is 4.74 Å². The van der Waals surface area contributed by atoms with Gasteiger partial charge < -0.3 is 19.6 Å². The van der Waals surface area contributed by atoms with Gasteiger partial charge in [0.1, 0.15) is 17.6 Å². The maximum absolute atomic E-state index is 13.0. The molecule has 1 atom stereocenters. The Labute approximate surface area is 183 Å². The standard InChI is InChI=1S/C24H29N3O4/c1-4-26(5-2)15-16-27-21(19-9-7-8-14-25-19)20(23(29)24(27)30)22(28)17-10-12-18(13-11-17)31-6-3/h7-14,21,28H,4-6,15-16H2,1-3H3/t21-/m0/s1. The van der Waals surface area contributed by atoms with Crippen LogP contribution >= 0.6 is 0 Å². The summed E-state index contributed by atoms with van der Waals surface area (Å²) >= 11 is 0. The first kappa shape index (κ1) is 22.5. The van der Waals surface area contributed by atoms with Crippen LogP contribution in [0.4, 0.5) is 0 Å². The number of likely N-dealkylation sites (tertiary alicyclic amines) is 1. The molecular weight excluding hydrogens is 394 g/mol. The number of carbonyl (C=O) groups excluding carboxylic acids is 2. The average Bonchev–Trinajstić information content (AvgIpc) is 3.05. The number of ether oxygens (including phenoxy) is 1. The van der Waals surface area contributed by atoms with Crippen LogP contribution in [-0.4, -0.2) is 64.4 Å². The fourth-order valence-corrected chi connectivity index (χ4v) is 3.78. The topological polar surface area (TPSA) is 83.0 Å². The van der Waals surface area contributed by atoms with Crippen molar-refractivity contribution < 1.29 is 19.4 Å². The molecule has 1 aromatic carbocycles. The van der Waals surface area contributed by atoms with Crippen LogP contribution in [0.25, 0.3) is 5.76 Å². The third-order valence-electron chi connectivity index (χ3n) is 5.50. The van der Waals surface area contributed by atoms with Crippen LogP contribution in [-0.2, 0) is 9.59 Å². The van der Waals surface area contributed by atoms with Crippen molar-refractivity contribution >= 4 is 17.4 Å². The first-order valence-corrected chi connectivity index (χ1v) is 10.7. The van der Waals surface area contributed by atoms with Crippen LogP contribution in [0.5, 0.6) is 5.75 Å². The normalized spacial score (nSPS) is 18.1. The van der Waals surface area contributed by atoms with Crippen molar-refractivity contribution in [3.63, 3.8) is 0 Å². The monoisotopic (exact) mass is 423 g/mol. The number of aliphatic hydroxyl groups is 1. The average molecular weight is 424 g/mol. The van der Waals surface area contributed by atoms with Crippen molar-refractivity contribution in [1.29, 1.82) is 0 Å². The number of pyridine rings is 1. The van der Waals surface area contributed by atoms with E-state index >= 15 is 0 Å². The van der Waals surface area contributed by atoms with Crippen LogP contribution in [0.1, 0.15) is 38.1 Å². The Hall–Kier alpha value is -3.19. The molecule has 1 N–H and O–H groups in total. The van der Waals surface area contributed by atoms with Crippen LogP contribution in [0.3, 0.4) is 0 Å². The van der Waals surface area contributed by atoms with Crippen molar-refractivity contribution in [2.24, 2.45) is 0 Å². The molecule has 0 spiro atoms. The molecule has 164 valence electrons. The van der Waals surface area contributed by atoms with Gasteiger partial charge in [0.2, 0.25) is 0 Å². The summed E-state index contributed by atoms with van der Waals surface area (Å²) in [6.45, 7) is 9.23. The molecule has 2 aromatic rings. The highest BCUT2D eigenvalue weighted by Crippen LogP contribution is 2.38. The molecule has 1 aliphatic rings. The van der Waals surface area contributed by atoms with Crippen LogP contribution in [0.15, 0.2) is 54.2 Å². The lowest BCUT2D eigenvalue weighted by atomic mass is 9.98. The number of aromatic nitrogens is 1. The molecule has 0 unspecified atom stereocenters. The molecule has 1 saturated heterocycles. The number of likely N-dealkylation sites (N-methyl/N-ethyl adjacent to an activating group) is 1. The number of hydrogen-bond donors (Lipinski definition) is 1. The quantitative estimate of drug-likeness (QED) is 0.379. The zero-order valence-corrected chi connectivity index (χ0v) is 18.2. The maximum atomic E-state index is 13.0. The van der Waals surface area contributed by atoms with E-state index in [0.29, 0.717) is 36.7 Å². The number of Topliss-reactive ketones (excluding diaryl/α,β-unsaturated/α-hetero) is 1. The van der Waals surface area contributed by atoms with E-state index in [1.165, 1.54) is 4.90 Å². The molecule has 3 rings (SSSR count). The molecule has 7 heteroatoms. The van der Waals surface area contributed by atoms with Crippen molar-refractivity contribution in [1.82, 2.24) is 14.8 Å². The fourth-order valence-electron chi connectivity index (χ4n) is 3.78. The number of hydrogen-bond acceptors (Lipinski definition) is 6. The van der Waals surface area contributed by atoms with E-state index < -0.39 is 17.7 Å². The van der Waals surface area contributed by atoms with Gasteiger partial charge in [0.15, 0.2) is 0 Å². The highest BCUT2D eigenvalue weighted by molar-refractivity contribution is 6.46. The first-order valence-electron chi connectivity index (χ1n) is 10.7. The molecule has 0 radical (unpaired) electrons. The van der Waals surface area contributed by atoms with Gasteiger partial charge in [0.25, 0.3) is 11.7 Å². The first-order chi connectivity index (χ1) is 15.0. The highest BCUT2D eigenvalue weighted by Gasteiger charge is 2.46. The molecule has 1 fully saturated rings.